The minimum absolute atomic E-state index is 0.778. The highest BCUT2D eigenvalue weighted by molar-refractivity contribution is 5.85. The van der Waals surface area contributed by atoms with E-state index in [1.165, 1.54) is 5.57 Å². The van der Waals surface area contributed by atoms with E-state index in [0.717, 1.165) is 29.4 Å². The number of carbonyl (C=O) groups is 1. The summed E-state index contributed by atoms with van der Waals surface area (Å²) in [6.07, 6.45) is 5.60. The Kier molecular flexibility index (Phi) is 5.18. The van der Waals surface area contributed by atoms with E-state index in [1.54, 1.807) is 13.2 Å². The largest absolute Gasteiger partial charge is 0.496 e. The van der Waals surface area contributed by atoms with Crippen molar-refractivity contribution >= 4 is 12.0 Å². The maximum atomic E-state index is 10.5. The van der Waals surface area contributed by atoms with Crippen LogP contribution in [0, 0.1) is 0 Å². The zero-order valence-corrected chi connectivity index (χ0v) is 10.9. The van der Waals surface area contributed by atoms with Crippen molar-refractivity contribution in [3.63, 3.8) is 0 Å². The third kappa shape index (κ3) is 4.45. The molecule has 3 heteroatoms. The SMILES string of the molecule is COc1ccc(/C=C/C(=O)O)cc1CC=C(C)C. The molecule has 0 bridgehead atoms. The molecule has 0 unspecified atom stereocenters. The number of rotatable bonds is 5. The maximum absolute atomic E-state index is 10.5. The third-order valence-corrected chi connectivity index (χ3v) is 2.45. The molecule has 0 aromatic heterocycles. The summed E-state index contributed by atoms with van der Waals surface area (Å²) in [6, 6.07) is 5.64. The van der Waals surface area contributed by atoms with Crippen LogP contribution >= 0.6 is 0 Å². The first-order chi connectivity index (χ1) is 8.52. The van der Waals surface area contributed by atoms with Gasteiger partial charge in [-0.15, -0.1) is 0 Å². The summed E-state index contributed by atoms with van der Waals surface area (Å²) in [4.78, 5) is 10.5. The zero-order chi connectivity index (χ0) is 13.5. The number of carboxylic acids is 1. The minimum Gasteiger partial charge on any atom is -0.496 e. The Hall–Kier alpha value is -2.03. The Balaban J connectivity index is 3.01. The lowest BCUT2D eigenvalue weighted by Gasteiger charge is -2.08. The van der Waals surface area contributed by atoms with Gasteiger partial charge in [0.2, 0.25) is 0 Å². The fraction of sp³-hybridized carbons (Fsp3) is 0.267. The first-order valence-electron chi connectivity index (χ1n) is 5.74. The lowest BCUT2D eigenvalue weighted by Crippen LogP contribution is -1.92. The van der Waals surface area contributed by atoms with Gasteiger partial charge in [0.15, 0.2) is 0 Å². The van der Waals surface area contributed by atoms with Gasteiger partial charge in [0.1, 0.15) is 5.75 Å². The minimum atomic E-state index is -0.948. The van der Waals surface area contributed by atoms with Gasteiger partial charge in [0, 0.05) is 6.08 Å². The van der Waals surface area contributed by atoms with Crippen LogP contribution in [0.3, 0.4) is 0 Å². The predicted molar refractivity (Wildman–Crippen MR) is 72.8 cm³/mol. The monoisotopic (exact) mass is 246 g/mol. The Morgan fingerprint density at radius 1 is 1.39 bits per heavy atom. The second-order valence-corrected chi connectivity index (χ2v) is 4.23. The highest BCUT2D eigenvalue weighted by Crippen LogP contribution is 2.22. The molecule has 0 aliphatic heterocycles. The molecule has 0 spiro atoms. The van der Waals surface area contributed by atoms with Crippen molar-refractivity contribution < 1.29 is 14.6 Å². The van der Waals surface area contributed by atoms with Crippen LogP contribution in [-0.2, 0) is 11.2 Å². The summed E-state index contributed by atoms with van der Waals surface area (Å²) in [5, 5.41) is 8.60. The Morgan fingerprint density at radius 2 is 2.11 bits per heavy atom. The molecule has 0 radical (unpaired) electrons. The van der Waals surface area contributed by atoms with Gasteiger partial charge < -0.3 is 9.84 Å². The highest BCUT2D eigenvalue weighted by atomic mass is 16.5. The van der Waals surface area contributed by atoms with Crippen molar-refractivity contribution in [2.24, 2.45) is 0 Å². The van der Waals surface area contributed by atoms with Crippen LogP contribution in [0.2, 0.25) is 0 Å². The van der Waals surface area contributed by atoms with Gasteiger partial charge in [-0.05, 0) is 49.6 Å². The van der Waals surface area contributed by atoms with Crippen LogP contribution in [0.4, 0.5) is 0 Å². The van der Waals surface area contributed by atoms with Crippen LogP contribution in [0.5, 0.6) is 5.75 Å². The number of aliphatic carboxylic acids is 1. The maximum Gasteiger partial charge on any atom is 0.328 e. The van der Waals surface area contributed by atoms with Gasteiger partial charge in [0.05, 0.1) is 7.11 Å². The Labute approximate surface area is 107 Å². The van der Waals surface area contributed by atoms with E-state index in [2.05, 4.69) is 6.08 Å². The molecule has 1 aromatic rings. The van der Waals surface area contributed by atoms with Gasteiger partial charge in [-0.2, -0.15) is 0 Å². The molecule has 1 aromatic carbocycles. The summed E-state index contributed by atoms with van der Waals surface area (Å²) >= 11 is 0. The second kappa shape index (κ2) is 6.64. The molecule has 3 nitrogen and oxygen atoms in total. The van der Waals surface area contributed by atoms with E-state index in [9.17, 15) is 4.79 Å². The lowest BCUT2D eigenvalue weighted by atomic mass is 10.0. The molecule has 1 rings (SSSR count). The van der Waals surface area contributed by atoms with Gasteiger partial charge >= 0.3 is 5.97 Å². The lowest BCUT2D eigenvalue weighted by molar-refractivity contribution is -0.131. The van der Waals surface area contributed by atoms with Crippen LogP contribution in [0.25, 0.3) is 6.08 Å². The molecule has 0 fully saturated rings. The fourth-order valence-electron chi connectivity index (χ4n) is 1.54. The van der Waals surface area contributed by atoms with Gasteiger partial charge in [-0.1, -0.05) is 17.7 Å². The Morgan fingerprint density at radius 3 is 2.67 bits per heavy atom. The number of hydrogen-bond donors (Lipinski definition) is 1. The smallest absolute Gasteiger partial charge is 0.328 e. The number of carboxylic acid groups (broad SMARTS) is 1. The second-order valence-electron chi connectivity index (χ2n) is 4.23. The number of ether oxygens (including phenoxy) is 1. The quantitative estimate of drug-likeness (QED) is 0.640. The predicted octanol–water partition coefficient (Wildman–Crippen LogP) is 3.30. The summed E-state index contributed by atoms with van der Waals surface area (Å²) in [5.74, 6) is -0.128. The molecule has 0 atom stereocenters. The Bertz CT molecular complexity index is 481. The van der Waals surface area contributed by atoms with Crippen molar-refractivity contribution in [2.75, 3.05) is 7.11 Å². The standard InChI is InChI=1S/C15H18O3/c1-11(2)4-7-13-10-12(6-9-15(16)17)5-8-14(13)18-3/h4-6,8-10H,7H2,1-3H3,(H,16,17)/b9-6+. The van der Waals surface area contributed by atoms with E-state index < -0.39 is 5.97 Å². The number of hydrogen-bond acceptors (Lipinski definition) is 2. The molecular formula is C15H18O3. The van der Waals surface area contributed by atoms with Crippen LogP contribution < -0.4 is 4.74 Å². The summed E-state index contributed by atoms with van der Waals surface area (Å²) in [6.45, 7) is 4.08. The van der Waals surface area contributed by atoms with E-state index in [-0.39, 0.29) is 0 Å². The van der Waals surface area contributed by atoms with Crippen molar-refractivity contribution in [2.45, 2.75) is 20.3 Å². The van der Waals surface area contributed by atoms with Crippen LogP contribution in [0.15, 0.2) is 35.9 Å². The molecule has 1 N–H and O–H groups in total. The van der Waals surface area contributed by atoms with Crippen molar-refractivity contribution in [1.82, 2.24) is 0 Å². The fourth-order valence-corrected chi connectivity index (χ4v) is 1.54. The van der Waals surface area contributed by atoms with Gasteiger partial charge in [-0.3, -0.25) is 0 Å². The molecule has 0 saturated heterocycles. The molecule has 96 valence electrons. The van der Waals surface area contributed by atoms with E-state index in [4.69, 9.17) is 9.84 Å². The molecular weight excluding hydrogens is 228 g/mol. The van der Waals surface area contributed by atoms with Crippen molar-refractivity contribution in [3.8, 4) is 5.75 Å². The average Bonchev–Trinajstić information content (AvgIpc) is 2.33. The molecule has 0 saturated carbocycles. The van der Waals surface area contributed by atoms with Crippen LogP contribution in [0.1, 0.15) is 25.0 Å². The zero-order valence-electron chi connectivity index (χ0n) is 10.9. The first-order valence-corrected chi connectivity index (χ1v) is 5.74. The summed E-state index contributed by atoms with van der Waals surface area (Å²) in [7, 11) is 1.63. The molecule has 0 aliphatic rings. The van der Waals surface area contributed by atoms with E-state index >= 15 is 0 Å². The van der Waals surface area contributed by atoms with Gasteiger partial charge in [-0.25, -0.2) is 4.79 Å². The molecule has 0 aliphatic carbocycles. The van der Waals surface area contributed by atoms with Crippen molar-refractivity contribution in [3.05, 3.63) is 47.1 Å². The normalized spacial score (nSPS) is 10.4. The first kappa shape index (κ1) is 14.0. The third-order valence-electron chi connectivity index (χ3n) is 2.45. The van der Waals surface area contributed by atoms with Gasteiger partial charge in [0.25, 0.3) is 0 Å². The summed E-state index contributed by atoms with van der Waals surface area (Å²) < 4.78 is 5.29. The average molecular weight is 246 g/mol. The number of methoxy groups -OCH3 is 1. The van der Waals surface area contributed by atoms with E-state index in [0.29, 0.717) is 0 Å². The van der Waals surface area contributed by atoms with E-state index in [1.807, 2.05) is 32.0 Å². The van der Waals surface area contributed by atoms with Crippen molar-refractivity contribution in [1.29, 1.82) is 0 Å². The molecule has 0 heterocycles. The number of allylic oxidation sites excluding steroid dienone is 2. The van der Waals surface area contributed by atoms with Crippen LogP contribution in [-0.4, -0.2) is 18.2 Å². The molecule has 0 amide bonds. The summed E-state index contributed by atoms with van der Waals surface area (Å²) in [5.41, 5.74) is 3.14. The topological polar surface area (TPSA) is 46.5 Å². The molecule has 18 heavy (non-hydrogen) atoms. The number of benzene rings is 1. The highest BCUT2D eigenvalue weighted by Gasteiger charge is 2.02.